The summed E-state index contributed by atoms with van der Waals surface area (Å²) in [6.45, 7) is 2.15. The molecule has 0 atom stereocenters. The third kappa shape index (κ3) is 1.28. The normalized spacial score (nSPS) is 23.8. The molecule has 68 valence electrons. The van der Waals surface area contributed by atoms with Crippen LogP contribution >= 0.6 is 0 Å². The summed E-state index contributed by atoms with van der Waals surface area (Å²) in [7, 11) is 0. The Morgan fingerprint density at radius 1 is 1.33 bits per heavy atom. The zero-order valence-corrected chi connectivity index (χ0v) is 7.47. The highest BCUT2D eigenvalue weighted by Gasteiger charge is 2.51. The Hall–Kier alpha value is -0.730. The highest BCUT2D eigenvalue weighted by molar-refractivity contribution is 5.72. The highest BCUT2D eigenvalue weighted by Crippen LogP contribution is 2.51. The lowest BCUT2D eigenvalue weighted by molar-refractivity contribution is 0.221. The van der Waals surface area contributed by atoms with E-state index >= 15 is 0 Å². The first-order valence-corrected chi connectivity index (χ1v) is 4.70. The van der Waals surface area contributed by atoms with Gasteiger partial charge in [0.2, 0.25) is 0 Å². The summed E-state index contributed by atoms with van der Waals surface area (Å²) in [5.41, 5.74) is 5.18. The molecule has 2 amide bonds. The summed E-state index contributed by atoms with van der Waals surface area (Å²) in [4.78, 5) is 10.8. The van der Waals surface area contributed by atoms with Gasteiger partial charge < -0.3 is 11.1 Å². The maximum atomic E-state index is 10.8. The average Bonchev–Trinajstić information content (AvgIpc) is 2.82. The van der Waals surface area contributed by atoms with Gasteiger partial charge in [-0.25, -0.2) is 4.79 Å². The molecule has 0 aromatic rings. The van der Waals surface area contributed by atoms with Gasteiger partial charge in [-0.05, 0) is 44.4 Å². The van der Waals surface area contributed by atoms with E-state index in [1.165, 1.54) is 25.7 Å². The van der Waals surface area contributed by atoms with Crippen molar-refractivity contribution in [3.05, 3.63) is 0 Å². The van der Waals surface area contributed by atoms with Crippen molar-refractivity contribution in [2.24, 2.45) is 17.6 Å². The van der Waals surface area contributed by atoms with Crippen LogP contribution in [0.3, 0.4) is 0 Å². The van der Waals surface area contributed by atoms with E-state index in [2.05, 4.69) is 12.2 Å². The van der Waals surface area contributed by atoms with Crippen LogP contribution in [-0.4, -0.2) is 11.6 Å². The van der Waals surface area contributed by atoms with Crippen LogP contribution in [-0.2, 0) is 0 Å². The molecule has 0 aromatic heterocycles. The summed E-state index contributed by atoms with van der Waals surface area (Å²) in [6, 6.07) is -0.365. The van der Waals surface area contributed by atoms with Crippen molar-refractivity contribution < 1.29 is 4.79 Å². The van der Waals surface area contributed by atoms with Gasteiger partial charge in [0.25, 0.3) is 0 Å². The second-order valence-electron chi connectivity index (χ2n) is 4.32. The van der Waals surface area contributed by atoms with Crippen LogP contribution in [0, 0.1) is 11.8 Å². The predicted molar refractivity (Wildman–Crippen MR) is 46.6 cm³/mol. The topological polar surface area (TPSA) is 55.1 Å². The number of carbonyl (C=O) groups is 1. The first-order valence-electron chi connectivity index (χ1n) is 4.70. The number of hydrogen-bond acceptors (Lipinski definition) is 1. The molecular weight excluding hydrogens is 152 g/mol. The molecule has 0 radical (unpaired) electrons. The lowest BCUT2D eigenvalue weighted by Gasteiger charge is -2.30. The van der Waals surface area contributed by atoms with Crippen LogP contribution < -0.4 is 11.1 Å². The van der Waals surface area contributed by atoms with E-state index in [1.54, 1.807) is 0 Å². The number of amides is 2. The largest absolute Gasteiger partial charge is 0.352 e. The Morgan fingerprint density at radius 2 is 1.75 bits per heavy atom. The van der Waals surface area contributed by atoms with Gasteiger partial charge in [-0.2, -0.15) is 0 Å². The van der Waals surface area contributed by atoms with Gasteiger partial charge >= 0.3 is 6.03 Å². The van der Waals surface area contributed by atoms with Gasteiger partial charge in [0.1, 0.15) is 0 Å². The third-order valence-electron chi connectivity index (χ3n) is 3.24. The minimum Gasteiger partial charge on any atom is -0.352 e. The molecule has 0 unspecified atom stereocenters. The molecule has 0 aliphatic heterocycles. The smallest absolute Gasteiger partial charge is 0.312 e. The van der Waals surface area contributed by atoms with Crippen molar-refractivity contribution in [3.8, 4) is 0 Å². The fourth-order valence-corrected chi connectivity index (χ4v) is 2.17. The summed E-state index contributed by atoms with van der Waals surface area (Å²) in [6.07, 6.45) is 5.03. The van der Waals surface area contributed by atoms with Crippen LogP contribution in [0.5, 0.6) is 0 Å². The van der Waals surface area contributed by atoms with E-state index in [1.807, 2.05) is 0 Å². The maximum absolute atomic E-state index is 10.8. The fraction of sp³-hybridized carbons (Fsp3) is 0.889. The second-order valence-corrected chi connectivity index (χ2v) is 4.32. The van der Waals surface area contributed by atoms with Gasteiger partial charge in [0.15, 0.2) is 0 Å². The summed E-state index contributed by atoms with van der Waals surface area (Å²) in [5, 5.41) is 2.92. The van der Waals surface area contributed by atoms with E-state index < -0.39 is 0 Å². The SMILES string of the molecule is CC(NC(N)=O)(C1CC1)C1CC1. The Labute approximate surface area is 72.7 Å². The Bertz CT molecular complexity index is 195. The molecule has 3 heteroatoms. The van der Waals surface area contributed by atoms with E-state index in [9.17, 15) is 4.79 Å². The van der Waals surface area contributed by atoms with Crippen molar-refractivity contribution in [3.63, 3.8) is 0 Å². The maximum Gasteiger partial charge on any atom is 0.312 e. The lowest BCUT2D eigenvalue weighted by atomic mass is 9.90. The van der Waals surface area contributed by atoms with Gasteiger partial charge in [0.05, 0.1) is 0 Å². The van der Waals surface area contributed by atoms with Crippen molar-refractivity contribution in [1.82, 2.24) is 5.32 Å². The number of carbonyl (C=O) groups excluding carboxylic acids is 1. The van der Waals surface area contributed by atoms with Crippen LogP contribution in [0.15, 0.2) is 0 Å². The molecule has 2 aliphatic rings. The minimum atomic E-state index is -0.365. The molecule has 0 bridgehead atoms. The second kappa shape index (κ2) is 2.38. The van der Waals surface area contributed by atoms with E-state index in [0.717, 1.165) is 0 Å². The quantitative estimate of drug-likeness (QED) is 0.654. The third-order valence-corrected chi connectivity index (χ3v) is 3.24. The molecule has 2 aliphatic carbocycles. The molecule has 12 heavy (non-hydrogen) atoms. The molecule has 2 saturated carbocycles. The molecule has 0 saturated heterocycles. The number of primary amides is 1. The first kappa shape index (κ1) is 7.90. The van der Waals surface area contributed by atoms with Crippen LogP contribution in [0.2, 0.25) is 0 Å². The Balaban J connectivity index is 2.03. The number of nitrogens with two attached hydrogens (primary N) is 1. The van der Waals surface area contributed by atoms with Crippen LogP contribution in [0.25, 0.3) is 0 Å². The van der Waals surface area contributed by atoms with E-state index in [0.29, 0.717) is 11.8 Å². The number of urea groups is 1. The Morgan fingerprint density at radius 3 is 2.00 bits per heavy atom. The molecule has 2 fully saturated rings. The van der Waals surface area contributed by atoms with Crippen molar-refractivity contribution in [2.45, 2.75) is 38.1 Å². The molecule has 3 N–H and O–H groups in total. The highest BCUT2D eigenvalue weighted by atomic mass is 16.2. The Kier molecular flexibility index (Phi) is 1.56. The molecule has 0 spiro atoms. The standard InChI is InChI=1S/C9H16N2O/c1-9(6-2-3-6,7-4-5-7)11-8(10)12/h6-7H,2-5H2,1H3,(H3,10,11,12). The van der Waals surface area contributed by atoms with Crippen molar-refractivity contribution in [2.75, 3.05) is 0 Å². The van der Waals surface area contributed by atoms with Crippen molar-refractivity contribution >= 4 is 6.03 Å². The van der Waals surface area contributed by atoms with Crippen LogP contribution in [0.4, 0.5) is 4.79 Å². The molecular formula is C9H16N2O. The zero-order chi connectivity index (χ0) is 8.77. The fourth-order valence-electron chi connectivity index (χ4n) is 2.17. The van der Waals surface area contributed by atoms with Crippen LogP contribution in [0.1, 0.15) is 32.6 Å². The van der Waals surface area contributed by atoms with E-state index in [4.69, 9.17) is 5.73 Å². The lowest BCUT2D eigenvalue weighted by Crippen LogP contribution is -2.51. The number of rotatable bonds is 3. The first-order chi connectivity index (χ1) is 5.63. The molecule has 3 nitrogen and oxygen atoms in total. The molecule has 0 heterocycles. The predicted octanol–water partition coefficient (Wildman–Crippen LogP) is 1.23. The molecule has 2 rings (SSSR count). The van der Waals surface area contributed by atoms with E-state index in [-0.39, 0.29) is 11.6 Å². The number of nitrogens with one attached hydrogen (secondary N) is 1. The monoisotopic (exact) mass is 168 g/mol. The van der Waals surface area contributed by atoms with Gasteiger partial charge in [0, 0.05) is 5.54 Å². The summed E-state index contributed by atoms with van der Waals surface area (Å²) >= 11 is 0. The summed E-state index contributed by atoms with van der Waals surface area (Å²) < 4.78 is 0. The zero-order valence-electron chi connectivity index (χ0n) is 7.47. The van der Waals surface area contributed by atoms with Gasteiger partial charge in [-0.3, -0.25) is 0 Å². The van der Waals surface area contributed by atoms with Gasteiger partial charge in [-0.1, -0.05) is 0 Å². The number of hydrogen-bond donors (Lipinski definition) is 2. The summed E-state index contributed by atoms with van der Waals surface area (Å²) in [5.74, 6) is 1.38. The molecule has 0 aromatic carbocycles. The van der Waals surface area contributed by atoms with Gasteiger partial charge in [-0.15, -0.1) is 0 Å². The van der Waals surface area contributed by atoms with Crippen molar-refractivity contribution in [1.29, 1.82) is 0 Å². The average molecular weight is 168 g/mol. The minimum absolute atomic E-state index is 0.0197.